The molecule has 3 atom stereocenters. The molecule has 1 aliphatic heterocycles. The van der Waals surface area contributed by atoms with E-state index in [0.29, 0.717) is 38.2 Å². The van der Waals surface area contributed by atoms with Crippen LogP contribution in [0.4, 0.5) is 13.2 Å². The van der Waals surface area contributed by atoms with Crippen LogP contribution in [0.15, 0.2) is 54.6 Å². The number of nitrogens with one attached hydrogen (secondary N) is 1. The first-order valence-electron chi connectivity index (χ1n) is 12.7. The first-order chi connectivity index (χ1) is 18.1. The summed E-state index contributed by atoms with van der Waals surface area (Å²) in [6, 6.07) is 12.8. The number of piperazine rings is 1. The topological polar surface area (TPSA) is 105 Å². The molecule has 0 unspecified atom stereocenters. The first-order valence-corrected chi connectivity index (χ1v) is 12.7. The molecule has 0 spiro atoms. The summed E-state index contributed by atoms with van der Waals surface area (Å²) in [6.07, 6.45) is -1.37. The van der Waals surface area contributed by atoms with Crippen molar-refractivity contribution in [1.82, 2.24) is 15.1 Å². The van der Waals surface area contributed by atoms with E-state index < -0.39 is 18.3 Å². The highest BCUT2D eigenvalue weighted by atomic mass is 19.4. The van der Waals surface area contributed by atoms with Crippen LogP contribution in [0.2, 0.25) is 0 Å². The second kappa shape index (κ2) is 11.8. The molecule has 1 heterocycles. The Kier molecular flexibility index (Phi) is 8.55. The van der Waals surface area contributed by atoms with Crippen LogP contribution < -0.4 is 15.8 Å². The van der Waals surface area contributed by atoms with Crippen LogP contribution in [-0.4, -0.2) is 66.1 Å². The number of carbonyl (C=O) groups is 3. The van der Waals surface area contributed by atoms with Gasteiger partial charge in [-0.3, -0.25) is 19.3 Å². The minimum atomic E-state index is -4.79. The fourth-order valence-corrected chi connectivity index (χ4v) is 5.31. The molecule has 1 saturated carbocycles. The minimum absolute atomic E-state index is 0.0240. The molecule has 2 aromatic carbocycles. The molecule has 2 aromatic rings. The van der Waals surface area contributed by atoms with Crippen molar-refractivity contribution < 1.29 is 32.3 Å². The summed E-state index contributed by atoms with van der Waals surface area (Å²) >= 11 is 0. The zero-order valence-electron chi connectivity index (χ0n) is 20.8. The molecular weight excluding hydrogens is 501 g/mol. The normalized spacial score (nSPS) is 21.4. The third-order valence-electron chi connectivity index (χ3n) is 7.18. The average Bonchev–Trinajstić information content (AvgIpc) is 2.91. The molecule has 11 heteroatoms. The average molecular weight is 533 g/mol. The van der Waals surface area contributed by atoms with Gasteiger partial charge in [-0.25, -0.2) is 0 Å². The van der Waals surface area contributed by atoms with E-state index in [0.717, 1.165) is 31.4 Å². The van der Waals surface area contributed by atoms with Crippen LogP contribution in [-0.2, 0) is 9.59 Å². The Morgan fingerprint density at radius 2 is 1.55 bits per heavy atom. The standard InChI is InChI=1S/C27H31F3N4O4/c28-27(29,30)38-20-12-10-19(11-13-20)26(37)34-16-14-33(15-17-34)22-9-5-4-8-21(22)25(36)32-23(24(31)35)18-6-2-1-3-7-18/h1-3,6-7,10-13,21-23H,4-5,8-9,14-17H2,(H2,31,35)(H,32,36)/t21-,22-,23+/m1/s1. The fourth-order valence-electron chi connectivity index (χ4n) is 5.31. The molecule has 0 aromatic heterocycles. The van der Waals surface area contributed by atoms with Crippen molar-refractivity contribution in [2.24, 2.45) is 11.7 Å². The summed E-state index contributed by atoms with van der Waals surface area (Å²) < 4.78 is 41.0. The highest BCUT2D eigenvalue weighted by Gasteiger charge is 2.38. The van der Waals surface area contributed by atoms with E-state index in [1.807, 2.05) is 6.07 Å². The quantitative estimate of drug-likeness (QED) is 0.570. The number of carbonyl (C=O) groups excluding carboxylic acids is 3. The fraction of sp³-hybridized carbons (Fsp3) is 0.444. The highest BCUT2D eigenvalue weighted by molar-refractivity contribution is 5.94. The third-order valence-corrected chi connectivity index (χ3v) is 7.18. The number of hydrogen-bond acceptors (Lipinski definition) is 5. The van der Waals surface area contributed by atoms with Gasteiger partial charge in [-0.1, -0.05) is 43.2 Å². The van der Waals surface area contributed by atoms with Crippen LogP contribution in [0.3, 0.4) is 0 Å². The Labute approximate surface area is 218 Å². The second-order valence-electron chi connectivity index (χ2n) is 9.61. The summed E-state index contributed by atoms with van der Waals surface area (Å²) in [5, 5.41) is 2.85. The van der Waals surface area contributed by atoms with Crippen molar-refractivity contribution in [1.29, 1.82) is 0 Å². The second-order valence-corrected chi connectivity index (χ2v) is 9.61. The molecule has 8 nitrogen and oxygen atoms in total. The van der Waals surface area contributed by atoms with E-state index >= 15 is 0 Å². The van der Waals surface area contributed by atoms with Gasteiger partial charge < -0.3 is 20.7 Å². The molecule has 4 rings (SSSR count). The number of benzene rings is 2. The summed E-state index contributed by atoms with van der Waals surface area (Å²) in [5.41, 5.74) is 6.50. The molecule has 2 fully saturated rings. The lowest BCUT2D eigenvalue weighted by atomic mass is 9.82. The lowest BCUT2D eigenvalue weighted by Crippen LogP contribution is -2.56. The molecule has 204 valence electrons. The van der Waals surface area contributed by atoms with Gasteiger partial charge in [0, 0.05) is 37.8 Å². The zero-order valence-corrected chi connectivity index (χ0v) is 20.8. The van der Waals surface area contributed by atoms with E-state index in [2.05, 4.69) is 15.0 Å². The lowest BCUT2D eigenvalue weighted by Gasteiger charge is -2.44. The predicted octanol–water partition coefficient (Wildman–Crippen LogP) is 3.24. The zero-order chi connectivity index (χ0) is 27.3. The SMILES string of the molecule is NC(=O)[C@@H](NC(=O)[C@@H]1CCCC[C@H]1N1CCN(C(=O)c2ccc(OC(F)(F)F)cc2)CC1)c1ccccc1. The van der Waals surface area contributed by atoms with E-state index in [4.69, 9.17) is 5.73 Å². The van der Waals surface area contributed by atoms with Gasteiger partial charge in [0.15, 0.2) is 0 Å². The number of rotatable bonds is 7. The number of amides is 3. The summed E-state index contributed by atoms with van der Waals surface area (Å²) in [5.74, 6) is -1.79. The number of halogens is 3. The molecule has 3 N–H and O–H groups in total. The van der Waals surface area contributed by atoms with Crippen molar-refractivity contribution in [3.8, 4) is 5.75 Å². The van der Waals surface area contributed by atoms with Crippen LogP contribution >= 0.6 is 0 Å². The van der Waals surface area contributed by atoms with Gasteiger partial charge in [0.1, 0.15) is 11.8 Å². The van der Waals surface area contributed by atoms with Gasteiger partial charge in [0.25, 0.3) is 5.91 Å². The Hall–Kier alpha value is -3.60. The molecule has 1 aliphatic carbocycles. The van der Waals surface area contributed by atoms with E-state index in [1.165, 1.54) is 12.1 Å². The van der Waals surface area contributed by atoms with E-state index in [-0.39, 0.29) is 35.1 Å². The molecular formula is C27H31F3N4O4. The van der Waals surface area contributed by atoms with Crippen LogP contribution in [0.25, 0.3) is 0 Å². The van der Waals surface area contributed by atoms with Gasteiger partial charge in [0.2, 0.25) is 11.8 Å². The Morgan fingerprint density at radius 3 is 2.16 bits per heavy atom. The highest BCUT2D eigenvalue weighted by Crippen LogP contribution is 2.31. The monoisotopic (exact) mass is 532 g/mol. The van der Waals surface area contributed by atoms with Crippen LogP contribution in [0.1, 0.15) is 47.6 Å². The molecule has 38 heavy (non-hydrogen) atoms. The van der Waals surface area contributed by atoms with Crippen molar-refractivity contribution in [2.45, 2.75) is 44.1 Å². The maximum Gasteiger partial charge on any atom is 0.573 e. The maximum absolute atomic E-state index is 13.3. The number of nitrogens with zero attached hydrogens (tertiary/aromatic N) is 2. The Morgan fingerprint density at radius 1 is 0.921 bits per heavy atom. The molecule has 0 radical (unpaired) electrons. The maximum atomic E-state index is 13.3. The smallest absolute Gasteiger partial charge is 0.406 e. The Balaban J connectivity index is 1.36. The van der Waals surface area contributed by atoms with Gasteiger partial charge in [0.05, 0.1) is 5.92 Å². The summed E-state index contributed by atoms with van der Waals surface area (Å²) in [6.45, 7) is 1.98. The van der Waals surface area contributed by atoms with Crippen molar-refractivity contribution in [3.63, 3.8) is 0 Å². The molecule has 2 aliphatic rings. The summed E-state index contributed by atoms with van der Waals surface area (Å²) in [4.78, 5) is 42.2. The van der Waals surface area contributed by atoms with E-state index in [1.54, 1.807) is 29.2 Å². The van der Waals surface area contributed by atoms with Crippen LogP contribution in [0.5, 0.6) is 5.75 Å². The molecule has 1 saturated heterocycles. The van der Waals surface area contributed by atoms with Crippen molar-refractivity contribution >= 4 is 17.7 Å². The van der Waals surface area contributed by atoms with Gasteiger partial charge >= 0.3 is 6.36 Å². The minimum Gasteiger partial charge on any atom is -0.406 e. The predicted molar refractivity (Wildman–Crippen MR) is 133 cm³/mol. The molecule has 3 amide bonds. The van der Waals surface area contributed by atoms with Gasteiger partial charge in [-0.15, -0.1) is 13.2 Å². The number of primary amides is 1. The third kappa shape index (κ3) is 6.83. The van der Waals surface area contributed by atoms with Crippen LogP contribution in [0, 0.1) is 5.92 Å². The number of nitrogens with two attached hydrogens (primary N) is 1. The van der Waals surface area contributed by atoms with Gasteiger partial charge in [-0.2, -0.15) is 0 Å². The van der Waals surface area contributed by atoms with Gasteiger partial charge in [-0.05, 0) is 42.7 Å². The molecule has 0 bridgehead atoms. The largest absolute Gasteiger partial charge is 0.573 e. The van der Waals surface area contributed by atoms with Crippen molar-refractivity contribution in [3.05, 3.63) is 65.7 Å². The summed E-state index contributed by atoms with van der Waals surface area (Å²) in [7, 11) is 0. The number of alkyl halides is 3. The number of hydrogen-bond donors (Lipinski definition) is 2. The lowest BCUT2D eigenvalue weighted by molar-refractivity contribution is -0.274. The Bertz CT molecular complexity index is 1120. The van der Waals surface area contributed by atoms with E-state index in [9.17, 15) is 27.6 Å². The van der Waals surface area contributed by atoms with Crippen molar-refractivity contribution in [2.75, 3.05) is 26.2 Å². The first kappa shape index (κ1) is 27.4. The number of ether oxygens (including phenoxy) is 1.